The van der Waals surface area contributed by atoms with Crippen LogP contribution in [0.15, 0.2) is 30.3 Å². The van der Waals surface area contributed by atoms with E-state index in [0.29, 0.717) is 18.2 Å². The van der Waals surface area contributed by atoms with Crippen LogP contribution in [0.1, 0.15) is 31.2 Å². The minimum atomic E-state index is 0. The number of nitrogens with zero attached hydrogens (tertiary/aromatic N) is 2. The third-order valence-corrected chi connectivity index (χ3v) is 4.65. The van der Waals surface area contributed by atoms with Crippen LogP contribution in [0.25, 0.3) is 0 Å². The molecule has 25 heavy (non-hydrogen) atoms. The Morgan fingerprint density at radius 3 is 2.44 bits per heavy atom. The number of carbonyl (C=O) groups excluding carboxylic acids is 1. The molecule has 1 heterocycles. The molecule has 0 unspecified atom stereocenters. The zero-order chi connectivity index (χ0) is 16.5. The van der Waals surface area contributed by atoms with Gasteiger partial charge in [-0.05, 0) is 51.4 Å². The van der Waals surface area contributed by atoms with Gasteiger partial charge in [0, 0.05) is 32.6 Å². The monoisotopic (exact) mass is 389 g/mol. The number of amides is 1. The molecular weight excluding hydrogens is 357 g/mol. The molecule has 1 fully saturated rings. The third-order valence-electron chi connectivity index (χ3n) is 4.65. The number of hydrogen-bond donors (Lipinski definition) is 1. The van der Waals surface area contributed by atoms with E-state index < -0.39 is 0 Å². The van der Waals surface area contributed by atoms with Gasteiger partial charge in [0.15, 0.2) is 0 Å². The van der Waals surface area contributed by atoms with Crippen molar-refractivity contribution in [2.45, 2.75) is 32.2 Å². The molecule has 0 spiro atoms. The first kappa shape index (κ1) is 24.2. The fourth-order valence-corrected chi connectivity index (χ4v) is 3.34. The highest BCUT2D eigenvalue weighted by Gasteiger charge is 2.23. The van der Waals surface area contributed by atoms with Gasteiger partial charge in [-0.1, -0.05) is 30.3 Å². The van der Waals surface area contributed by atoms with E-state index in [9.17, 15) is 4.79 Å². The standard InChI is InChI=1S/C19H31N3O.2ClH/c1-20-12-6-9-19(23)22-13-10-18(11-14-22)16-21(2)15-17-7-4-3-5-8-17;;/h3-5,7-8,18,20H,6,9-16H2,1-2H3;2*1H. The Morgan fingerprint density at radius 1 is 1.20 bits per heavy atom. The van der Waals surface area contributed by atoms with Crippen molar-refractivity contribution in [2.75, 3.05) is 40.3 Å². The summed E-state index contributed by atoms with van der Waals surface area (Å²) in [4.78, 5) is 16.6. The summed E-state index contributed by atoms with van der Waals surface area (Å²) in [6, 6.07) is 10.6. The SMILES string of the molecule is CNCCCC(=O)N1CCC(CN(C)Cc2ccccc2)CC1.Cl.Cl. The highest BCUT2D eigenvalue weighted by atomic mass is 35.5. The molecule has 1 saturated heterocycles. The number of likely N-dealkylation sites (tertiary alicyclic amines) is 1. The lowest BCUT2D eigenvalue weighted by Gasteiger charge is -2.34. The predicted molar refractivity (Wildman–Crippen MR) is 110 cm³/mol. The van der Waals surface area contributed by atoms with Crippen molar-refractivity contribution < 1.29 is 4.79 Å². The minimum absolute atomic E-state index is 0. The Labute approximate surface area is 165 Å². The number of hydrogen-bond acceptors (Lipinski definition) is 3. The number of benzene rings is 1. The molecule has 0 aliphatic carbocycles. The predicted octanol–water partition coefficient (Wildman–Crippen LogP) is 3.20. The fourth-order valence-electron chi connectivity index (χ4n) is 3.34. The maximum atomic E-state index is 12.1. The van der Waals surface area contributed by atoms with Crippen LogP contribution in [0.4, 0.5) is 0 Å². The molecule has 6 heteroatoms. The highest BCUT2D eigenvalue weighted by molar-refractivity contribution is 5.85. The van der Waals surface area contributed by atoms with Crippen LogP contribution in [-0.4, -0.2) is 56.0 Å². The molecular formula is C19H33Cl2N3O. The molecule has 0 atom stereocenters. The molecule has 1 aromatic rings. The summed E-state index contributed by atoms with van der Waals surface area (Å²) in [7, 11) is 4.13. The Bertz CT molecular complexity index is 465. The molecule has 1 aliphatic heterocycles. The van der Waals surface area contributed by atoms with E-state index in [4.69, 9.17) is 0 Å². The molecule has 1 amide bonds. The molecule has 4 nitrogen and oxygen atoms in total. The van der Waals surface area contributed by atoms with E-state index in [-0.39, 0.29) is 24.8 Å². The van der Waals surface area contributed by atoms with Crippen molar-refractivity contribution in [1.29, 1.82) is 0 Å². The van der Waals surface area contributed by atoms with Crippen molar-refractivity contribution in [3.63, 3.8) is 0 Å². The summed E-state index contributed by atoms with van der Waals surface area (Å²) < 4.78 is 0. The lowest BCUT2D eigenvalue weighted by Crippen LogP contribution is -2.41. The van der Waals surface area contributed by atoms with E-state index in [0.717, 1.165) is 52.0 Å². The summed E-state index contributed by atoms with van der Waals surface area (Å²) in [6.45, 7) is 4.91. The van der Waals surface area contributed by atoms with Crippen molar-refractivity contribution in [3.05, 3.63) is 35.9 Å². The quantitative estimate of drug-likeness (QED) is 0.693. The zero-order valence-electron chi connectivity index (χ0n) is 15.4. The largest absolute Gasteiger partial charge is 0.343 e. The van der Waals surface area contributed by atoms with Gasteiger partial charge in [0.25, 0.3) is 0 Å². The first-order chi connectivity index (χ1) is 11.2. The number of nitrogens with one attached hydrogen (secondary N) is 1. The van der Waals surface area contributed by atoms with Gasteiger partial charge in [0.1, 0.15) is 0 Å². The van der Waals surface area contributed by atoms with Crippen molar-refractivity contribution in [1.82, 2.24) is 15.1 Å². The summed E-state index contributed by atoms with van der Waals surface area (Å²) in [5, 5.41) is 3.10. The van der Waals surface area contributed by atoms with Gasteiger partial charge >= 0.3 is 0 Å². The zero-order valence-corrected chi connectivity index (χ0v) is 17.1. The smallest absolute Gasteiger partial charge is 0.222 e. The molecule has 0 saturated carbocycles. The normalized spacial score (nSPS) is 14.8. The second-order valence-corrected chi connectivity index (χ2v) is 6.71. The van der Waals surface area contributed by atoms with E-state index in [2.05, 4.69) is 52.5 Å². The molecule has 144 valence electrons. The average Bonchev–Trinajstić information content (AvgIpc) is 2.56. The van der Waals surface area contributed by atoms with Crippen LogP contribution in [0.5, 0.6) is 0 Å². The second kappa shape index (κ2) is 13.4. The maximum absolute atomic E-state index is 12.1. The number of rotatable bonds is 8. The van der Waals surface area contributed by atoms with Crippen molar-refractivity contribution in [2.24, 2.45) is 5.92 Å². The topological polar surface area (TPSA) is 35.6 Å². The number of halogens is 2. The van der Waals surface area contributed by atoms with Gasteiger partial charge in [-0.15, -0.1) is 24.8 Å². The van der Waals surface area contributed by atoms with Crippen LogP contribution in [0.2, 0.25) is 0 Å². The lowest BCUT2D eigenvalue weighted by atomic mass is 9.96. The summed E-state index contributed by atoms with van der Waals surface area (Å²) in [5.41, 5.74) is 1.37. The number of piperidine rings is 1. The van der Waals surface area contributed by atoms with E-state index >= 15 is 0 Å². The van der Waals surface area contributed by atoms with E-state index in [1.165, 1.54) is 5.56 Å². The fraction of sp³-hybridized carbons (Fsp3) is 0.632. The third kappa shape index (κ3) is 8.91. The number of carbonyl (C=O) groups is 1. The first-order valence-corrected chi connectivity index (χ1v) is 8.84. The van der Waals surface area contributed by atoms with Crippen LogP contribution in [0.3, 0.4) is 0 Å². The molecule has 1 aliphatic rings. The van der Waals surface area contributed by atoms with Crippen LogP contribution >= 0.6 is 24.8 Å². The van der Waals surface area contributed by atoms with E-state index in [1.54, 1.807) is 0 Å². The summed E-state index contributed by atoms with van der Waals surface area (Å²) in [5.74, 6) is 1.04. The average molecular weight is 390 g/mol. The van der Waals surface area contributed by atoms with Gasteiger partial charge in [-0.25, -0.2) is 0 Å². The van der Waals surface area contributed by atoms with Crippen molar-refractivity contribution >= 4 is 30.7 Å². The molecule has 0 aromatic heterocycles. The maximum Gasteiger partial charge on any atom is 0.222 e. The van der Waals surface area contributed by atoms with Gasteiger partial charge < -0.3 is 15.1 Å². The second-order valence-electron chi connectivity index (χ2n) is 6.71. The first-order valence-electron chi connectivity index (χ1n) is 8.84. The Morgan fingerprint density at radius 2 is 1.84 bits per heavy atom. The molecule has 1 aromatic carbocycles. The summed E-state index contributed by atoms with van der Waals surface area (Å²) in [6.07, 6.45) is 3.89. The van der Waals surface area contributed by atoms with Crippen LogP contribution < -0.4 is 5.32 Å². The lowest BCUT2D eigenvalue weighted by molar-refractivity contribution is -0.132. The van der Waals surface area contributed by atoms with Gasteiger partial charge in [0.05, 0.1) is 0 Å². The highest BCUT2D eigenvalue weighted by Crippen LogP contribution is 2.19. The van der Waals surface area contributed by atoms with Gasteiger partial charge in [-0.2, -0.15) is 0 Å². The van der Waals surface area contributed by atoms with E-state index in [1.807, 2.05) is 7.05 Å². The Balaban J connectivity index is 0.00000288. The minimum Gasteiger partial charge on any atom is -0.343 e. The van der Waals surface area contributed by atoms with Gasteiger partial charge in [0.2, 0.25) is 5.91 Å². The van der Waals surface area contributed by atoms with Crippen molar-refractivity contribution in [3.8, 4) is 0 Å². The Kier molecular flexibility index (Phi) is 13.0. The van der Waals surface area contributed by atoms with Crippen LogP contribution in [0, 0.1) is 5.92 Å². The molecule has 0 bridgehead atoms. The summed E-state index contributed by atoms with van der Waals surface area (Å²) >= 11 is 0. The molecule has 1 N–H and O–H groups in total. The molecule has 0 radical (unpaired) electrons. The Hall–Kier alpha value is -0.810. The molecule has 2 rings (SSSR count). The van der Waals surface area contributed by atoms with Crippen LogP contribution in [-0.2, 0) is 11.3 Å². The van der Waals surface area contributed by atoms with Gasteiger partial charge in [-0.3, -0.25) is 4.79 Å².